The second kappa shape index (κ2) is 4.46. The summed E-state index contributed by atoms with van der Waals surface area (Å²) in [7, 11) is 3.66. The molecule has 1 N–H and O–H groups in total. The van der Waals surface area contributed by atoms with E-state index in [-0.39, 0.29) is 12.1 Å². The van der Waals surface area contributed by atoms with E-state index in [0.717, 1.165) is 11.4 Å². The Labute approximate surface area is 85.3 Å². The molecule has 1 aromatic rings. The minimum Gasteiger partial charge on any atom is -0.380 e. The predicted molar refractivity (Wildman–Crippen MR) is 57.5 cm³/mol. The molecule has 14 heavy (non-hydrogen) atoms. The van der Waals surface area contributed by atoms with Crippen LogP contribution in [0.1, 0.15) is 19.5 Å². The van der Waals surface area contributed by atoms with E-state index in [9.17, 15) is 0 Å². The highest BCUT2D eigenvalue weighted by Gasteiger charge is 2.12. The number of methoxy groups -OCH3 is 1. The van der Waals surface area contributed by atoms with Gasteiger partial charge in [0.15, 0.2) is 0 Å². The maximum absolute atomic E-state index is 5.24. The van der Waals surface area contributed by atoms with Crippen molar-refractivity contribution in [1.82, 2.24) is 9.78 Å². The molecule has 4 heteroatoms. The average Bonchev–Trinajstić information content (AvgIpc) is 2.48. The van der Waals surface area contributed by atoms with E-state index in [1.54, 1.807) is 7.11 Å². The minimum absolute atomic E-state index is 0.189. The number of hydrogen-bond acceptors (Lipinski definition) is 3. The van der Waals surface area contributed by atoms with Crippen LogP contribution in [-0.2, 0) is 11.8 Å². The highest BCUT2D eigenvalue weighted by Crippen LogP contribution is 2.14. The number of nitrogens with one attached hydrogen (secondary N) is 1. The van der Waals surface area contributed by atoms with Crippen molar-refractivity contribution in [1.29, 1.82) is 0 Å². The zero-order valence-electron chi connectivity index (χ0n) is 9.53. The number of rotatable bonds is 4. The number of anilines is 1. The third-order valence-corrected chi connectivity index (χ3v) is 2.69. The molecule has 0 bridgehead atoms. The highest BCUT2D eigenvalue weighted by molar-refractivity contribution is 5.46. The monoisotopic (exact) mass is 197 g/mol. The number of nitrogens with zero attached hydrogens (tertiary/aromatic N) is 2. The Kier molecular flexibility index (Phi) is 3.52. The number of aromatic nitrogens is 2. The smallest absolute Gasteiger partial charge is 0.0759 e. The van der Waals surface area contributed by atoms with Gasteiger partial charge < -0.3 is 10.1 Å². The molecule has 1 aromatic heterocycles. The van der Waals surface area contributed by atoms with E-state index in [0.29, 0.717) is 0 Å². The van der Waals surface area contributed by atoms with Gasteiger partial charge in [-0.25, -0.2) is 0 Å². The van der Waals surface area contributed by atoms with E-state index < -0.39 is 0 Å². The van der Waals surface area contributed by atoms with E-state index in [4.69, 9.17) is 4.74 Å². The van der Waals surface area contributed by atoms with Crippen molar-refractivity contribution in [2.24, 2.45) is 7.05 Å². The molecule has 4 nitrogen and oxygen atoms in total. The Bertz CT molecular complexity index is 296. The SMILES string of the molecule is COC(C)C(C)Nc1cnn(C)c1C. The normalized spacial score (nSPS) is 15.2. The Morgan fingerprint density at radius 2 is 2.14 bits per heavy atom. The molecule has 0 spiro atoms. The van der Waals surface area contributed by atoms with Crippen LogP contribution in [0.25, 0.3) is 0 Å². The first-order valence-corrected chi connectivity index (χ1v) is 4.84. The van der Waals surface area contributed by atoms with Crippen LogP contribution in [0.3, 0.4) is 0 Å². The van der Waals surface area contributed by atoms with Crippen LogP contribution >= 0.6 is 0 Å². The summed E-state index contributed by atoms with van der Waals surface area (Å²) in [4.78, 5) is 0. The van der Waals surface area contributed by atoms with Gasteiger partial charge in [0, 0.05) is 20.2 Å². The molecule has 0 amide bonds. The summed E-state index contributed by atoms with van der Waals surface area (Å²) < 4.78 is 7.09. The largest absolute Gasteiger partial charge is 0.380 e. The molecule has 0 radical (unpaired) electrons. The highest BCUT2D eigenvalue weighted by atomic mass is 16.5. The molecular formula is C10H19N3O. The van der Waals surface area contributed by atoms with E-state index >= 15 is 0 Å². The van der Waals surface area contributed by atoms with Crippen molar-refractivity contribution in [3.8, 4) is 0 Å². The van der Waals surface area contributed by atoms with Crippen LogP contribution in [0, 0.1) is 6.92 Å². The van der Waals surface area contributed by atoms with Gasteiger partial charge in [-0.15, -0.1) is 0 Å². The number of aryl methyl sites for hydroxylation is 1. The number of hydrogen-bond donors (Lipinski definition) is 1. The summed E-state index contributed by atoms with van der Waals surface area (Å²) in [5.74, 6) is 0. The topological polar surface area (TPSA) is 39.1 Å². The van der Waals surface area contributed by atoms with Crippen molar-refractivity contribution < 1.29 is 4.74 Å². The zero-order valence-corrected chi connectivity index (χ0v) is 9.53. The van der Waals surface area contributed by atoms with Crippen LogP contribution < -0.4 is 5.32 Å². The molecule has 1 rings (SSSR count). The second-order valence-electron chi connectivity index (χ2n) is 3.64. The fourth-order valence-corrected chi connectivity index (χ4v) is 1.21. The van der Waals surface area contributed by atoms with Gasteiger partial charge in [-0.1, -0.05) is 0 Å². The minimum atomic E-state index is 0.189. The van der Waals surface area contributed by atoms with Crippen LogP contribution in [0.5, 0.6) is 0 Å². The van der Waals surface area contributed by atoms with E-state index in [2.05, 4.69) is 17.3 Å². The Morgan fingerprint density at radius 3 is 2.57 bits per heavy atom. The summed E-state index contributed by atoms with van der Waals surface area (Å²) in [5.41, 5.74) is 2.21. The maximum atomic E-state index is 5.24. The first kappa shape index (κ1) is 11.0. The van der Waals surface area contributed by atoms with Gasteiger partial charge in [-0.2, -0.15) is 5.10 Å². The molecule has 80 valence electrons. The van der Waals surface area contributed by atoms with Crippen LogP contribution in [-0.4, -0.2) is 29.0 Å². The predicted octanol–water partition coefficient (Wildman–Crippen LogP) is 1.56. The molecule has 0 aliphatic heterocycles. The van der Waals surface area contributed by atoms with Crippen molar-refractivity contribution in [3.63, 3.8) is 0 Å². The summed E-state index contributed by atoms with van der Waals surface area (Å²) in [6, 6.07) is 0.280. The van der Waals surface area contributed by atoms with E-state index in [1.807, 2.05) is 31.8 Å². The van der Waals surface area contributed by atoms with Gasteiger partial charge in [0.25, 0.3) is 0 Å². The summed E-state index contributed by atoms with van der Waals surface area (Å²) in [5, 5.41) is 7.54. The summed E-state index contributed by atoms with van der Waals surface area (Å²) in [6.07, 6.45) is 2.03. The lowest BCUT2D eigenvalue weighted by molar-refractivity contribution is 0.106. The van der Waals surface area contributed by atoms with Crippen molar-refractivity contribution in [2.45, 2.75) is 32.9 Å². The average molecular weight is 197 g/mol. The standard InChI is InChI=1S/C10H19N3O/c1-7(9(3)14-5)12-10-6-11-13(4)8(10)2/h6-7,9,12H,1-5H3. The molecule has 0 aromatic carbocycles. The third kappa shape index (κ3) is 2.26. The number of ether oxygens (including phenoxy) is 1. The first-order valence-electron chi connectivity index (χ1n) is 4.84. The Hall–Kier alpha value is -1.03. The molecule has 2 unspecified atom stereocenters. The summed E-state index contributed by atoms with van der Waals surface area (Å²) >= 11 is 0. The van der Waals surface area contributed by atoms with Crippen LogP contribution in [0.15, 0.2) is 6.20 Å². The quantitative estimate of drug-likeness (QED) is 0.796. The fraction of sp³-hybridized carbons (Fsp3) is 0.700. The fourth-order valence-electron chi connectivity index (χ4n) is 1.21. The lowest BCUT2D eigenvalue weighted by atomic mass is 10.2. The van der Waals surface area contributed by atoms with Crippen LogP contribution in [0.2, 0.25) is 0 Å². The van der Waals surface area contributed by atoms with Gasteiger partial charge in [0.1, 0.15) is 0 Å². The second-order valence-corrected chi connectivity index (χ2v) is 3.64. The molecule has 0 saturated heterocycles. The van der Waals surface area contributed by atoms with Gasteiger partial charge in [0.05, 0.1) is 23.7 Å². The van der Waals surface area contributed by atoms with Gasteiger partial charge >= 0.3 is 0 Å². The zero-order chi connectivity index (χ0) is 10.7. The van der Waals surface area contributed by atoms with Crippen molar-refractivity contribution in [2.75, 3.05) is 12.4 Å². The molecule has 1 heterocycles. The van der Waals surface area contributed by atoms with Crippen molar-refractivity contribution >= 4 is 5.69 Å². The summed E-state index contributed by atoms with van der Waals surface area (Å²) in [6.45, 7) is 6.18. The van der Waals surface area contributed by atoms with Gasteiger partial charge in [-0.05, 0) is 20.8 Å². The van der Waals surface area contributed by atoms with Crippen molar-refractivity contribution in [3.05, 3.63) is 11.9 Å². The molecule has 0 aliphatic rings. The molecule has 0 saturated carbocycles. The van der Waals surface area contributed by atoms with Crippen LogP contribution in [0.4, 0.5) is 5.69 Å². The molecule has 2 atom stereocenters. The maximum Gasteiger partial charge on any atom is 0.0759 e. The lowest BCUT2D eigenvalue weighted by Crippen LogP contribution is -2.29. The third-order valence-electron chi connectivity index (χ3n) is 2.69. The lowest BCUT2D eigenvalue weighted by Gasteiger charge is -2.20. The van der Waals surface area contributed by atoms with E-state index in [1.165, 1.54) is 0 Å². The Morgan fingerprint density at radius 1 is 1.50 bits per heavy atom. The molecule has 0 aliphatic carbocycles. The van der Waals surface area contributed by atoms with Gasteiger partial charge in [0.2, 0.25) is 0 Å². The Balaban J connectivity index is 2.64. The molecule has 0 fully saturated rings. The van der Waals surface area contributed by atoms with Gasteiger partial charge in [-0.3, -0.25) is 4.68 Å². The first-order chi connectivity index (χ1) is 6.56. The molecular weight excluding hydrogens is 178 g/mol.